The lowest BCUT2D eigenvalue weighted by Crippen LogP contribution is -2.43. The topological polar surface area (TPSA) is 76.7 Å². The van der Waals surface area contributed by atoms with E-state index in [1.807, 2.05) is 13.8 Å². The molecule has 1 atom stereocenters. The molecule has 21 heavy (non-hydrogen) atoms. The standard InChI is InChI=1S/C15H22N2O4/c1-10(2)17-14(18)9-16-15(19)11(3)21-13-7-5-12(20-4)6-8-13/h5-8,10-11H,9H2,1-4H3,(H,16,19)(H,17,18). The molecule has 2 amide bonds. The zero-order valence-electron chi connectivity index (χ0n) is 12.8. The first-order chi connectivity index (χ1) is 9.92. The normalized spacial score (nSPS) is 11.7. The van der Waals surface area contributed by atoms with Crippen molar-refractivity contribution in [3.05, 3.63) is 24.3 Å². The Kier molecular flexibility index (Phi) is 6.52. The van der Waals surface area contributed by atoms with Gasteiger partial charge in [0.15, 0.2) is 6.10 Å². The Hall–Kier alpha value is -2.24. The fourth-order valence-electron chi connectivity index (χ4n) is 1.60. The van der Waals surface area contributed by atoms with Crippen molar-refractivity contribution < 1.29 is 19.1 Å². The summed E-state index contributed by atoms with van der Waals surface area (Å²) in [6, 6.07) is 6.97. The van der Waals surface area contributed by atoms with Crippen molar-refractivity contribution in [3.63, 3.8) is 0 Å². The van der Waals surface area contributed by atoms with Crippen LogP contribution in [-0.4, -0.2) is 37.6 Å². The van der Waals surface area contributed by atoms with Gasteiger partial charge in [-0.05, 0) is 45.0 Å². The molecule has 0 aliphatic rings. The van der Waals surface area contributed by atoms with E-state index in [1.165, 1.54) is 0 Å². The highest BCUT2D eigenvalue weighted by Crippen LogP contribution is 2.18. The van der Waals surface area contributed by atoms with Crippen molar-refractivity contribution >= 4 is 11.8 Å². The highest BCUT2D eigenvalue weighted by Gasteiger charge is 2.15. The fraction of sp³-hybridized carbons (Fsp3) is 0.467. The van der Waals surface area contributed by atoms with Gasteiger partial charge in [0, 0.05) is 6.04 Å². The van der Waals surface area contributed by atoms with Crippen LogP contribution in [0, 0.1) is 0 Å². The molecule has 0 fully saturated rings. The van der Waals surface area contributed by atoms with Gasteiger partial charge in [0.05, 0.1) is 13.7 Å². The summed E-state index contributed by atoms with van der Waals surface area (Å²) in [7, 11) is 1.58. The van der Waals surface area contributed by atoms with Gasteiger partial charge in [0.25, 0.3) is 5.91 Å². The van der Waals surface area contributed by atoms with E-state index in [1.54, 1.807) is 38.3 Å². The second-order valence-corrected chi connectivity index (χ2v) is 4.88. The van der Waals surface area contributed by atoms with Gasteiger partial charge in [0.2, 0.25) is 5.91 Å². The van der Waals surface area contributed by atoms with Crippen molar-refractivity contribution in [1.29, 1.82) is 0 Å². The molecule has 6 heteroatoms. The number of benzene rings is 1. The van der Waals surface area contributed by atoms with Crippen LogP contribution < -0.4 is 20.1 Å². The third kappa shape index (κ3) is 6.16. The van der Waals surface area contributed by atoms with E-state index >= 15 is 0 Å². The van der Waals surface area contributed by atoms with Crippen molar-refractivity contribution in [2.45, 2.75) is 32.9 Å². The lowest BCUT2D eigenvalue weighted by Gasteiger charge is -2.15. The van der Waals surface area contributed by atoms with Gasteiger partial charge in [-0.25, -0.2) is 0 Å². The summed E-state index contributed by atoms with van der Waals surface area (Å²) in [4.78, 5) is 23.2. The van der Waals surface area contributed by atoms with Crippen LogP contribution >= 0.6 is 0 Å². The Labute approximate surface area is 124 Å². The van der Waals surface area contributed by atoms with Crippen LogP contribution in [0.2, 0.25) is 0 Å². The number of carbonyl (C=O) groups is 2. The zero-order valence-corrected chi connectivity index (χ0v) is 12.8. The summed E-state index contributed by atoms with van der Waals surface area (Å²) in [5, 5.41) is 5.22. The van der Waals surface area contributed by atoms with E-state index in [-0.39, 0.29) is 24.4 Å². The first-order valence-electron chi connectivity index (χ1n) is 6.80. The summed E-state index contributed by atoms with van der Waals surface area (Å²) in [6.07, 6.45) is -0.690. The Balaban J connectivity index is 2.41. The molecule has 2 N–H and O–H groups in total. The minimum Gasteiger partial charge on any atom is -0.497 e. The van der Waals surface area contributed by atoms with Crippen molar-refractivity contribution in [1.82, 2.24) is 10.6 Å². The number of hydrogen-bond donors (Lipinski definition) is 2. The van der Waals surface area contributed by atoms with Crippen LogP contribution in [0.3, 0.4) is 0 Å². The van der Waals surface area contributed by atoms with Crippen LogP contribution in [0.5, 0.6) is 11.5 Å². The smallest absolute Gasteiger partial charge is 0.261 e. The summed E-state index contributed by atoms with van der Waals surface area (Å²) in [6.45, 7) is 5.28. The maximum Gasteiger partial charge on any atom is 0.261 e. The molecule has 1 rings (SSSR count). The number of methoxy groups -OCH3 is 1. The molecule has 1 unspecified atom stereocenters. The second kappa shape index (κ2) is 8.14. The molecule has 0 aliphatic carbocycles. The molecule has 0 aliphatic heterocycles. The van der Waals surface area contributed by atoms with Crippen LogP contribution in [0.1, 0.15) is 20.8 Å². The van der Waals surface area contributed by atoms with Crippen LogP contribution in [0.15, 0.2) is 24.3 Å². The van der Waals surface area contributed by atoms with Gasteiger partial charge in [-0.3, -0.25) is 9.59 Å². The van der Waals surface area contributed by atoms with E-state index in [9.17, 15) is 9.59 Å². The molecular weight excluding hydrogens is 272 g/mol. The first kappa shape index (κ1) is 16.8. The molecule has 6 nitrogen and oxygen atoms in total. The van der Waals surface area contributed by atoms with Gasteiger partial charge in [-0.2, -0.15) is 0 Å². The first-order valence-corrected chi connectivity index (χ1v) is 6.80. The van der Waals surface area contributed by atoms with Crippen molar-refractivity contribution in [3.8, 4) is 11.5 Å². The number of carbonyl (C=O) groups excluding carboxylic acids is 2. The van der Waals surface area contributed by atoms with E-state index < -0.39 is 6.10 Å². The fourth-order valence-corrected chi connectivity index (χ4v) is 1.60. The van der Waals surface area contributed by atoms with Crippen LogP contribution in [-0.2, 0) is 9.59 Å². The SMILES string of the molecule is COc1ccc(OC(C)C(=O)NCC(=O)NC(C)C)cc1. The lowest BCUT2D eigenvalue weighted by molar-refractivity contribution is -0.130. The monoisotopic (exact) mass is 294 g/mol. The predicted octanol–water partition coefficient (Wildman–Crippen LogP) is 1.10. The molecule has 0 saturated heterocycles. The summed E-state index contributed by atoms with van der Waals surface area (Å²) in [5.74, 6) is 0.703. The zero-order chi connectivity index (χ0) is 15.8. The molecule has 116 valence electrons. The average Bonchev–Trinajstić information content (AvgIpc) is 2.44. The largest absolute Gasteiger partial charge is 0.497 e. The van der Waals surface area contributed by atoms with Crippen molar-refractivity contribution in [2.75, 3.05) is 13.7 Å². The lowest BCUT2D eigenvalue weighted by atomic mass is 10.3. The second-order valence-electron chi connectivity index (χ2n) is 4.88. The number of hydrogen-bond acceptors (Lipinski definition) is 4. The van der Waals surface area contributed by atoms with Gasteiger partial charge in [-0.1, -0.05) is 0 Å². The molecule has 0 radical (unpaired) electrons. The van der Waals surface area contributed by atoms with Crippen molar-refractivity contribution in [2.24, 2.45) is 0 Å². The van der Waals surface area contributed by atoms with E-state index in [2.05, 4.69) is 10.6 Å². The molecule has 0 bridgehead atoms. The maximum atomic E-state index is 11.8. The molecule has 0 saturated carbocycles. The molecule has 1 aromatic rings. The van der Waals surface area contributed by atoms with Crippen LogP contribution in [0.25, 0.3) is 0 Å². The minimum atomic E-state index is -0.690. The van der Waals surface area contributed by atoms with E-state index in [0.717, 1.165) is 0 Å². The molecule has 0 spiro atoms. The summed E-state index contributed by atoms with van der Waals surface area (Å²) in [5.41, 5.74) is 0. The average molecular weight is 294 g/mol. The van der Waals surface area contributed by atoms with Gasteiger partial charge in [0.1, 0.15) is 11.5 Å². The number of ether oxygens (including phenoxy) is 2. The quantitative estimate of drug-likeness (QED) is 0.789. The molecule has 1 aromatic carbocycles. The Morgan fingerprint density at radius 3 is 2.19 bits per heavy atom. The van der Waals surface area contributed by atoms with Gasteiger partial charge in [-0.15, -0.1) is 0 Å². The molecule has 0 aromatic heterocycles. The van der Waals surface area contributed by atoms with Crippen LogP contribution in [0.4, 0.5) is 0 Å². The van der Waals surface area contributed by atoms with E-state index in [0.29, 0.717) is 11.5 Å². The molecule has 0 heterocycles. The van der Waals surface area contributed by atoms with Gasteiger partial charge >= 0.3 is 0 Å². The number of nitrogens with one attached hydrogen (secondary N) is 2. The highest BCUT2D eigenvalue weighted by atomic mass is 16.5. The summed E-state index contributed by atoms with van der Waals surface area (Å²) >= 11 is 0. The molecular formula is C15H22N2O4. The van der Waals surface area contributed by atoms with E-state index in [4.69, 9.17) is 9.47 Å². The van der Waals surface area contributed by atoms with Gasteiger partial charge < -0.3 is 20.1 Å². The third-order valence-corrected chi connectivity index (χ3v) is 2.61. The Morgan fingerprint density at radius 2 is 1.67 bits per heavy atom. The Morgan fingerprint density at radius 1 is 1.10 bits per heavy atom. The Bertz CT molecular complexity index is 471. The summed E-state index contributed by atoms with van der Waals surface area (Å²) < 4.78 is 10.5. The predicted molar refractivity (Wildman–Crippen MR) is 79.4 cm³/mol. The number of rotatable bonds is 7. The third-order valence-electron chi connectivity index (χ3n) is 2.61. The maximum absolute atomic E-state index is 11.8. The number of amides is 2. The minimum absolute atomic E-state index is 0.0439. The highest BCUT2D eigenvalue weighted by molar-refractivity contribution is 5.86.